The highest BCUT2D eigenvalue weighted by Crippen LogP contribution is 2.42. The van der Waals surface area contributed by atoms with Gasteiger partial charge in [0, 0.05) is 19.5 Å². The highest BCUT2D eigenvalue weighted by Gasteiger charge is 2.38. The highest BCUT2D eigenvalue weighted by molar-refractivity contribution is 5.78. The maximum absolute atomic E-state index is 11.9. The molecule has 2 aliphatic rings. The SMILES string of the molecule is CCC1(CN2CC(CN)CC2=O)CCCC1. The molecule has 0 aromatic carbocycles. The molecular formula is C13H24N2O. The van der Waals surface area contributed by atoms with Gasteiger partial charge in [-0.1, -0.05) is 19.8 Å². The first kappa shape index (κ1) is 11.9. The van der Waals surface area contributed by atoms with Gasteiger partial charge in [0.2, 0.25) is 5.91 Å². The third-order valence-corrected chi connectivity index (χ3v) is 4.57. The summed E-state index contributed by atoms with van der Waals surface area (Å²) in [5.74, 6) is 0.734. The van der Waals surface area contributed by atoms with E-state index in [0.717, 1.165) is 13.1 Å². The lowest BCUT2D eigenvalue weighted by molar-refractivity contribution is -0.129. The lowest BCUT2D eigenvalue weighted by Gasteiger charge is -2.32. The summed E-state index contributed by atoms with van der Waals surface area (Å²) in [6, 6.07) is 0. The van der Waals surface area contributed by atoms with Crippen LogP contribution in [0.25, 0.3) is 0 Å². The zero-order chi connectivity index (χ0) is 11.6. The molecule has 3 heteroatoms. The molecule has 1 heterocycles. The second-order valence-electron chi connectivity index (χ2n) is 5.64. The second-order valence-corrected chi connectivity index (χ2v) is 5.64. The zero-order valence-electron chi connectivity index (χ0n) is 10.4. The van der Waals surface area contributed by atoms with Crippen molar-refractivity contribution < 1.29 is 4.79 Å². The summed E-state index contributed by atoms with van der Waals surface area (Å²) in [7, 11) is 0. The first-order chi connectivity index (χ1) is 7.69. The van der Waals surface area contributed by atoms with Crippen LogP contribution in [0.5, 0.6) is 0 Å². The van der Waals surface area contributed by atoms with Crippen molar-refractivity contribution >= 4 is 5.91 Å². The molecule has 1 unspecified atom stereocenters. The number of nitrogens with two attached hydrogens (primary N) is 1. The Kier molecular flexibility index (Phi) is 3.53. The van der Waals surface area contributed by atoms with Crippen LogP contribution in [0, 0.1) is 11.3 Å². The van der Waals surface area contributed by atoms with Crippen LogP contribution in [-0.2, 0) is 4.79 Å². The molecule has 1 saturated heterocycles. The van der Waals surface area contributed by atoms with Crippen LogP contribution in [0.1, 0.15) is 45.4 Å². The van der Waals surface area contributed by atoms with Gasteiger partial charge in [0.05, 0.1) is 0 Å². The van der Waals surface area contributed by atoms with Crippen LogP contribution in [-0.4, -0.2) is 30.4 Å². The Morgan fingerprint density at radius 2 is 2.12 bits per heavy atom. The lowest BCUT2D eigenvalue weighted by Crippen LogP contribution is -2.37. The molecule has 0 aromatic rings. The molecule has 2 fully saturated rings. The molecule has 0 spiro atoms. The zero-order valence-corrected chi connectivity index (χ0v) is 10.4. The molecule has 1 aliphatic heterocycles. The van der Waals surface area contributed by atoms with Crippen molar-refractivity contribution in [2.75, 3.05) is 19.6 Å². The van der Waals surface area contributed by atoms with E-state index in [1.807, 2.05) is 0 Å². The van der Waals surface area contributed by atoms with E-state index in [4.69, 9.17) is 5.73 Å². The normalized spacial score (nSPS) is 29.0. The maximum atomic E-state index is 11.9. The molecule has 0 bridgehead atoms. The molecule has 3 nitrogen and oxygen atoms in total. The summed E-state index contributed by atoms with van der Waals surface area (Å²) in [6.45, 7) is 4.81. The molecule has 92 valence electrons. The van der Waals surface area contributed by atoms with Crippen LogP contribution in [0.3, 0.4) is 0 Å². The Morgan fingerprint density at radius 3 is 2.62 bits per heavy atom. The number of hydrogen-bond acceptors (Lipinski definition) is 2. The molecule has 0 radical (unpaired) electrons. The van der Waals surface area contributed by atoms with Crippen LogP contribution >= 0.6 is 0 Å². The molecule has 16 heavy (non-hydrogen) atoms. The largest absolute Gasteiger partial charge is 0.342 e. The van der Waals surface area contributed by atoms with Gasteiger partial charge in [-0.25, -0.2) is 0 Å². The van der Waals surface area contributed by atoms with E-state index in [1.165, 1.54) is 32.1 Å². The summed E-state index contributed by atoms with van der Waals surface area (Å²) >= 11 is 0. The minimum absolute atomic E-state index is 0.329. The number of carbonyl (C=O) groups is 1. The first-order valence-electron chi connectivity index (χ1n) is 6.67. The Labute approximate surface area is 98.4 Å². The van der Waals surface area contributed by atoms with E-state index in [9.17, 15) is 4.79 Å². The Morgan fingerprint density at radius 1 is 1.44 bits per heavy atom. The average Bonchev–Trinajstić information content (AvgIpc) is 2.88. The standard InChI is InChI=1S/C13H24N2O/c1-2-13(5-3-4-6-13)10-15-9-11(8-14)7-12(15)16/h11H,2-10,14H2,1H3. The van der Waals surface area contributed by atoms with Crippen molar-refractivity contribution in [1.29, 1.82) is 0 Å². The quantitative estimate of drug-likeness (QED) is 0.791. The number of carbonyl (C=O) groups excluding carboxylic acids is 1. The van der Waals surface area contributed by atoms with Gasteiger partial charge in [0.1, 0.15) is 0 Å². The minimum atomic E-state index is 0.329. The number of hydrogen-bond donors (Lipinski definition) is 1. The Balaban J connectivity index is 1.96. The predicted molar refractivity (Wildman–Crippen MR) is 64.9 cm³/mol. The minimum Gasteiger partial charge on any atom is -0.342 e. The second kappa shape index (κ2) is 4.74. The molecule has 2 N–H and O–H groups in total. The lowest BCUT2D eigenvalue weighted by atomic mass is 9.83. The summed E-state index contributed by atoms with van der Waals surface area (Å²) in [5.41, 5.74) is 6.08. The smallest absolute Gasteiger partial charge is 0.222 e. The van der Waals surface area contributed by atoms with Crippen molar-refractivity contribution in [2.24, 2.45) is 17.1 Å². The third-order valence-electron chi connectivity index (χ3n) is 4.57. The van der Waals surface area contributed by atoms with Crippen molar-refractivity contribution in [3.63, 3.8) is 0 Å². The summed E-state index contributed by atoms with van der Waals surface area (Å²) in [5, 5.41) is 0. The van der Waals surface area contributed by atoms with Gasteiger partial charge < -0.3 is 10.6 Å². The topological polar surface area (TPSA) is 46.3 Å². The van der Waals surface area contributed by atoms with E-state index >= 15 is 0 Å². The van der Waals surface area contributed by atoms with E-state index in [0.29, 0.717) is 30.2 Å². The fraction of sp³-hybridized carbons (Fsp3) is 0.923. The van der Waals surface area contributed by atoms with Gasteiger partial charge >= 0.3 is 0 Å². The van der Waals surface area contributed by atoms with Gasteiger partial charge in [-0.05, 0) is 37.1 Å². The van der Waals surface area contributed by atoms with E-state index in [2.05, 4.69) is 11.8 Å². The molecule has 1 saturated carbocycles. The van der Waals surface area contributed by atoms with Crippen molar-refractivity contribution in [1.82, 2.24) is 4.90 Å². The van der Waals surface area contributed by atoms with Gasteiger partial charge in [0.15, 0.2) is 0 Å². The Bertz CT molecular complexity index is 259. The predicted octanol–water partition coefficient (Wildman–Crippen LogP) is 1.76. The third kappa shape index (κ3) is 2.24. The molecule has 0 aromatic heterocycles. The molecule has 1 atom stereocenters. The number of rotatable bonds is 4. The van der Waals surface area contributed by atoms with Crippen LogP contribution in [0.2, 0.25) is 0 Å². The van der Waals surface area contributed by atoms with E-state index < -0.39 is 0 Å². The van der Waals surface area contributed by atoms with Gasteiger partial charge in [-0.15, -0.1) is 0 Å². The average molecular weight is 224 g/mol. The van der Waals surface area contributed by atoms with Crippen LogP contribution < -0.4 is 5.73 Å². The monoisotopic (exact) mass is 224 g/mol. The van der Waals surface area contributed by atoms with Gasteiger partial charge in [-0.3, -0.25) is 4.79 Å². The van der Waals surface area contributed by atoms with Crippen molar-refractivity contribution in [3.05, 3.63) is 0 Å². The summed E-state index contributed by atoms with van der Waals surface area (Å²) in [4.78, 5) is 13.9. The summed E-state index contributed by atoms with van der Waals surface area (Å²) < 4.78 is 0. The highest BCUT2D eigenvalue weighted by atomic mass is 16.2. The molecule has 1 aliphatic carbocycles. The van der Waals surface area contributed by atoms with Gasteiger partial charge in [0.25, 0.3) is 0 Å². The fourth-order valence-electron chi connectivity index (χ4n) is 3.32. The molecule has 2 rings (SSSR count). The molecular weight excluding hydrogens is 200 g/mol. The van der Waals surface area contributed by atoms with Crippen LogP contribution in [0.15, 0.2) is 0 Å². The first-order valence-corrected chi connectivity index (χ1v) is 6.67. The number of likely N-dealkylation sites (tertiary alicyclic amines) is 1. The van der Waals surface area contributed by atoms with E-state index in [-0.39, 0.29) is 0 Å². The van der Waals surface area contributed by atoms with Crippen LogP contribution in [0.4, 0.5) is 0 Å². The maximum Gasteiger partial charge on any atom is 0.222 e. The Hall–Kier alpha value is -0.570. The van der Waals surface area contributed by atoms with Crippen molar-refractivity contribution in [3.8, 4) is 0 Å². The van der Waals surface area contributed by atoms with Gasteiger partial charge in [-0.2, -0.15) is 0 Å². The number of amides is 1. The number of nitrogens with zero attached hydrogens (tertiary/aromatic N) is 1. The van der Waals surface area contributed by atoms with Crippen molar-refractivity contribution in [2.45, 2.75) is 45.4 Å². The molecule has 1 amide bonds. The summed E-state index contributed by atoms with van der Waals surface area (Å²) in [6.07, 6.45) is 7.19. The fourth-order valence-corrected chi connectivity index (χ4v) is 3.32. The van der Waals surface area contributed by atoms with E-state index in [1.54, 1.807) is 0 Å².